The fraction of sp³-hybridized carbons (Fsp3) is 0.167. The molecule has 0 unspecified atom stereocenters. The van der Waals surface area contributed by atoms with E-state index in [4.69, 9.17) is 16.3 Å². The van der Waals surface area contributed by atoms with E-state index in [-0.39, 0.29) is 33.3 Å². The summed E-state index contributed by atoms with van der Waals surface area (Å²) in [6, 6.07) is 10.7. The molecule has 35 heavy (non-hydrogen) atoms. The first-order valence-electron chi connectivity index (χ1n) is 10.3. The number of carbonyl (C=O) groups excluding carboxylic acids is 2. The summed E-state index contributed by atoms with van der Waals surface area (Å²) in [5, 5.41) is 2.79. The van der Waals surface area contributed by atoms with Crippen LogP contribution in [0.3, 0.4) is 0 Å². The maximum atomic E-state index is 13.6. The van der Waals surface area contributed by atoms with E-state index in [1.54, 1.807) is 13.8 Å². The highest BCUT2D eigenvalue weighted by Crippen LogP contribution is 2.27. The lowest BCUT2D eigenvalue weighted by molar-refractivity contribution is -0.118. The van der Waals surface area contributed by atoms with Crippen LogP contribution < -0.4 is 14.8 Å². The molecule has 7 nitrogen and oxygen atoms in total. The van der Waals surface area contributed by atoms with Crippen LogP contribution in [0.25, 0.3) is 0 Å². The van der Waals surface area contributed by atoms with Crippen LogP contribution >= 0.6 is 11.6 Å². The Morgan fingerprint density at radius 1 is 1.00 bits per heavy atom. The monoisotopic (exact) mass is 522 g/mol. The summed E-state index contributed by atoms with van der Waals surface area (Å²) < 4.78 is 59.3. The Labute approximate surface area is 206 Å². The number of benzene rings is 3. The molecule has 0 aliphatic heterocycles. The Balaban J connectivity index is 1.75. The van der Waals surface area contributed by atoms with Gasteiger partial charge in [0.1, 0.15) is 17.4 Å². The average Bonchev–Trinajstić information content (AvgIpc) is 2.78. The van der Waals surface area contributed by atoms with Crippen LogP contribution in [-0.4, -0.2) is 33.3 Å². The number of hydrogen-bond donors (Lipinski definition) is 2. The number of carbonyl (C=O) groups is 2. The molecule has 11 heteroatoms. The van der Waals surface area contributed by atoms with E-state index >= 15 is 0 Å². The molecule has 0 heterocycles. The van der Waals surface area contributed by atoms with E-state index < -0.39 is 40.0 Å². The van der Waals surface area contributed by atoms with Crippen molar-refractivity contribution in [2.75, 3.05) is 18.5 Å². The molecule has 3 rings (SSSR count). The zero-order valence-electron chi connectivity index (χ0n) is 18.7. The van der Waals surface area contributed by atoms with E-state index in [1.807, 2.05) is 0 Å². The van der Waals surface area contributed by atoms with Gasteiger partial charge in [0.25, 0.3) is 5.91 Å². The molecular weight excluding hydrogens is 502 g/mol. The summed E-state index contributed by atoms with van der Waals surface area (Å²) in [6.45, 7) is 3.03. The van der Waals surface area contributed by atoms with Gasteiger partial charge in [0, 0.05) is 28.9 Å². The van der Waals surface area contributed by atoms with Crippen LogP contribution in [0, 0.1) is 18.6 Å². The van der Waals surface area contributed by atoms with Crippen molar-refractivity contribution >= 4 is 39.0 Å². The first-order chi connectivity index (χ1) is 16.5. The van der Waals surface area contributed by atoms with Gasteiger partial charge >= 0.3 is 0 Å². The van der Waals surface area contributed by atoms with Gasteiger partial charge in [-0.1, -0.05) is 18.5 Å². The van der Waals surface area contributed by atoms with Gasteiger partial charge in [0.15, 0.2) is 12.4 Å². The van der Waals surface area contributed by atoms with Crippen molar-refractivity contribution in [1.29, 1.82) is 0 Å². The number of aryl methyl sites for hydroxylation is 1. The molecule has 0 spiro atoms. The molecule has 0 aliphatic rings. The number of anilines is 1. The normalized spacial score (nSPS) is 11.2. The third-order valence-electron chi connectivity index (χ3n) is 4.79. The molecule has 184 valence electrons. The zero-order valence-corrected chi connectivity index (χ0v) is 20.3. The molecule has 0 saturated heterocycles. The number of sulfonamides is 1. The molecule has 0 fully saturated rings. The summed E-state index contributed by atoms with van der Waals surface area (Å²) in [5.74, 6) is -3.17. The minimum Gasteiger partial charge on any atom is -0.483 e. The minimum atomic E-state index is -3.65. The number of rotatable bonds is 9. The molecule has 0 radical (unpaired) electrons. The Bertz CT molecular complexity index is 1380. The van der Waals surface area contributed by atoms with Gasteiger partial charge in [-0.05, 0) is 61.0 Å². The third-order valence-corrected chi connectivity index (χ3v) is 6.56. The first-order valence-corrected chi connectivity index (χ1v) is 12.2. The Morgan fingerprint density at radius 2 is 1.69 bits per heavy atom. The summed E-state index contributed by atoms with van der Waals surface area (Å²) in [7, 11) is -3.65. The first kappa shape index (κ1) is 26.3. The predicted octanol–water partition coefficient (Wildman–Crippen LogP) is 4.47. The van der Waals surface area contributed by atoms with Crippen molar-refractivity contribution in [2.24, 2.45) is 0 Å². The van der Waals surface area contributed by atoms with E-state index in [9.17, 15) is 26.8 Å². The molecule has 0 aliphatic carbocycles. The van der Waals surface area contributed by atoms with Gasteiger partial charge in [-0.2, -0.15) is 0 Å². The van der Waals surface area contributed by atoms with Gasteiger partial charge in [-0.25, -0.2) is 21.9 Å². The fourth-order valence-electron chi connectivity index (χ4n) is 3.19. The summed E-state index contributed by atoms with van der Waals surface area (Å²) in [6.07, 6.45) is 0. The van der Waals surface area contributed by atoms with Crippen molar-refractivity contribution < 1.29 is 31.5 Å². The van der Waals surface area contributed by atoms with Gasteiger partial charge in [0.05, 0.1) is 10.5 Å². The average molecular weight is 523 g/mol. The number of ketones is 1. The number of amides is 1. The number of ether oxygens (including phenoxy) is 1. The van der Waals surface area contributed by atoms with Crippen LogP contribution in [0.2, 0.25) is 5.02 Å². The van der Waals surface area contributed by atoms with Crippen LogP contribution in [0.1, 0.15) is 28.4 Å². The maximum absolute atomic E-state index is 13.6. The number of nitrogens with one attached hydrogen (secondary N) is 2. The molecule has 3 aromatic carbocycles. The Kier molecular flexibility index (Phi) is 8.21. The lowest BCUT2D eigenvalue weighted by Gasteiger charge is -2.13. The fourth-order valence-corrected chi connectivity index (χ4v) is 4.49. The molecule has 3 aromatic rings. The van der Waals surface area contributed by atoms with Crippen LogP contribution in [-0.2, 0) is 14.8 Å². The lowest BCUT2D eigenvalue weighted by Crippen LogP contribution is -2.24. The second-order valence-electron chi connectivity index (χ2n) is 7.44. The summed E-state index contributed by atoms with van der Waals surface area (Å²) in [4.78, 5) is 25.3. The minimum absolute atomic E-state index is 0.0111. The molecule has 0 atom stereocenters. The smallest absolute Gasteiger partial charge is 0.262 e. The highest BCUT2D eigenvalue weighted by molar-refractivity contribution is 7.89. The van der Waals surface area contributed by atoms with Crippen molar-refractivity contribution in [3.8, 4) is 5.75 Å². The Morgan fingerprint density at radius 3 is 2.31 bits per heavy atom. The lowest BCUT2D eigenvalue weighted by atomic mass is 10.0. The van der Waals surface area contributed by atoms with E-state index in [0.717, 1.165) is 12.1 Å². The highest BCUT2D eigenvalue weighted by Gasteiger charge is 2.19. The maximum Gasteiger partial charge on any atom is 0.262 e. The SMILES string of the molecule is CCNS(=O)(=O)c1ccc(NC(=O)COc2ccc(Cl)cc2C(=O)c2cc(F)cc(F)c2)c(C)c1. The second-order valence-corrected chi connectivity index (χ2v) is 9.65. The molecule has 0 saturated carbocycles. The van der Waals surface area contributed by atoms with Crippen molar-refractivity contribution in [3.63, 3.8) is 0 Å². The number of halogens is 3. The molecule has 2 N–H and O–H groups in total. The molecule has 0 aromatic heterocycles. The van der Waals surface area contributed by atoms with Crippen LogP contribution in [0.5, 0.6) is 5.75 Å². The largest absolute Gasteiger partial charge is 0.483 e. The van der Waals surface area contributed by atoms with Gasteiger partial charge in [0.2, 0.25) is 10.0 Å². The third kappa shape index (κ3) is 6.62. The topological polar surface area (TPSA) is 102 Å². The van der Waals surface area contributed by atoms with Crippen molar-refractivity contribution in [2.45, 2.75) is 18.7 Å². The van der Waals surface area contributed by atoms with Crippen LogP contribution in [0.15, 0.2) is 59.5 Å². The van der Waals surface area contributed by atoms with Gasteiger partial charge in [-0.3, -0.25) is 9.59 Å². The van der Waals surface area contributed by atoms with Crippen molar-refractivity contribution in [1.82, 2.24) is 4.72 Å². The quantitative estimate of drug-likeness (QED) is 0.404. The Hall–Kier alpha value is -3.34. The molecule has 1 amide bonds. The highest BCUT2D eigenvalue weighted by atomic mass is 35.5. The molecular formula is C24H21ClF2N2O5S. The van der Waals surface area contributed by atoms with E-state index in [2.05, 4.69) is 10.0 Å². The number of hydrogen-bond acceptors (Lipinski definition) is 5. The summed E-state index contributed by atoms with van der Waals surface area (Å²) >= 11 is 5.98. The van der Waals surface area contributed by atoms with Gasteiger partial charge < -0.3 is 10.1 Å². The van der Waals surface area contributed by atoms with E-state index in [0.29, 0.717) is 17.3 Å². The molecule has 0 bridgehead atoms. The standard InChI is InChI=1S/C24H21ClF2N2O5S/c1-3-28-35(32,33)19-5-6-21(14(2)8-19)29-23(30)13-34-22-7-4-16(25)11-20(22)24(31)15-9-17(26)12-18(27)10-15/h4-12,28H,3,13H2,1-2H3,(H,29,30). The summed E-state index contributed by atoms with van der Waals surface area (Å²) in [5.41, 5.74) is 0.552. The predicted molar refractivity (Wildman–Crippen MR) is 127 cm³/mol. The van der Waals surface area contributed by atoms with Gasteiger partial charge in [-0.15, -0.1) is 0 Å². The zero-order chi connectivity index (χ0) is 25.8. The second kappa shape index (κ2) is 10.9. The van der Waals surface area contributed by atoms with E-state index in [1.165, 1.54) is 36.4 Å². The van der Waals surface area contributed by atoms with Crippen molar-refractivity contribution in [3.05, 3.63) is 87.9 Å². The van der Waals surface area contributed by atoms with Crippen LogP contribution in [0.4, 0.5) is 14.5 Å².